The zero-order valence-electron chi connectivity index (χ0n) is 14.0. The summed E-state index contributed by atoms with van der Waals surface area (Å²) in [6.07, 6.45) is 5.04. The summed E-state index contributed by atoms with van der Waals surface area (Å²) >= 11 is 0. The predicted molar refractivity (Wildman–Crippen MR) is 93.6 cm³/mol. The second-order valence-electron chi connectivity index (χ2n) is 6.43. The Kier molecular flexibility index (Phi) is 5.21. The zero-order chi connectivity index (χ0) is 17.8. The molecule has 1 aromatic rings. The van der Waals surface area contributed by atoms with Crippen molar-refractivity contribution >= 4 is 17.6 Å². The number of hydrogen-bond donors (Lipinski definition) is 2. The van der Waals surface area contributed by atoms with Crippen molar-refractivity contribution in [3.63, 3.8) is 0 Å². The monoisotopic (exact) mass is 346 g/mol. The highest BCUT2D eigenvalue weighted by molar-refractivity contribution is 5.80. The van der Waals surface area contributed by atoms with Crippen molar-refractivity contribution in [2.75, 3.05) is 31.1 Å². The summed E-state index contributed by atoms with van der Waals surface area (Å²) in [4.78, 5) is 27.7. The summed E-state index contributed by atoms with van der Waals surface area (Å²) in [6, 6.07) is 6.19. The summed E-state index contributed by atoms with van der Waals surface area (Å²) in [5.41, 5.74) is 5.99. The van der Waals surface area contributed by atoms with E-state index in [0.717, 1.165) is 0 Å². The van der Waals surface area contributed by atoms with Gasteiger partial charge in [0.15, 0.2) is 0 Å². The quantitative estimate of drug-likeness (QED) is 0.814. The number of rotatable bonds is 3. The molecule has 1 saturated heterocycles. The molecule has 1 aliphatic carbocycles. The van der Waals surface area contributed by atoms with Crippen LogP contribution in [0.2, 0.25) is 0 Å². The van der Waals surface area contributed by atoms with E-state index >= 15 is 0 Å². The van der Waals surface area contributed by atoms with Crippen molar-refractivity contribution in [1.82, 2.24) is 10.2 Å². The van der Waals surface area contributed by atoms with Gasteiger partial charge in [-0.05, 0) is 25.0 Å². The first-order valence-corrected chi connectivity index (χ1v) is 8.55. The average Bonchev–Trinajstić information content (AvgIpc) is 2.62. The molecular formula is C18H23FN4O2. The van der Waals surface area contributed by atoms with Crippen LogP contribution in [0.3, 0.4) is 0 Å². The number of nitrogens with one attached hydrogen (secondary N) is 1. The Morgan fingerprint density at radius 2 is 1.76 bits per heavy atom. The van der Waals surface area contributed by atoms with E-state index in [1.54, 1.807) is 23.1 Å². The Balaban J connectivity index is 1.56. The van der Waals surface area contributed by atoms with E-state index in [0.29, 0.717) is 44.7 Å². The number of benzene rings is 1. The summed E-state index contributed by atoms with van der Waals surface area (Å²) < 4.78 is 13.9. The normalized spacial score (nSPS) is 23.4. The fraction of sp³-hybridized carbons (Fsp3) is 0.444. The molecule has 0 aromatic heterocycles. The van der Waals surface area contributed by atoms with Crippen molar-refractivity contribution in [3.8, 4) is 0 Å². The number of anilines is 1. The third-order valence-corrected chi connectivity index (χ3v) is 4.87. The number of amides is 3. The molecule has 2 atom stereocenters. The first-order chi connectivity index (χ1) is 12.1. The Morgan fingerprint density at radius 3 is 2.44 bits per heavy atom. The Bertz CT molecular complexity index is 671. The lowest BCUT2D eigenvalue weighted by Crippen LogP contribution is -2.55. The minimum Gasteiger partial charge on any atom is -0.369 e. The third kappa shape index (κ3) is 3.92. The van der Waals surface area contributed by atoms with Crippen LogP contribution in [0.15, 0.2) is 36.4 Å². The van der Waals surface area contributed by atoms with Crippen LogP contribution in [-0.4, -0.2) is 49.1 Å². The van der Waals surface area contributed by atoms with Crippen LogP contribution in [0.5, 0.6) is 0 Å². The van der Waals surface area contributed by atoms with Gasteiger partial charge in [0.1, 0.15) is 5.82 Å². The number of primary amides is 1. The number of hydrogen-bond acceptors (Lipinski definition) is 3. The van der Waals surface area contributed by atoms with Crippen molar-refractivity contribution in [1.29, 1.82) is 0 Å². The molecule has 6 nitrogen and oxygen atoms in total. The minimum atomic E-state index is -0.390. The Labute approximate surface area is 146 Å². The molecule has 134 valence electrons. The maximum atomic E-state index is 13.9. The highest BCUT2D eigenvalue weighted by Gasteiger charge is 2.30. The van der Waals surface area contributed by atoms with Crippen LogP contribution >= 0.6 is 0 Å². The molecule has 3 N–H and O–H groups in total. The van der Waals surface area contributed by atoms with Gasteiger partial charge in [-0.3, -0.25) is 4.79 Å². The molecule has 7 heteroatoms. The predicted octanol–water partition coefficient (Wildman–Crippen LogP) is 1.48. The first-order valence-electron chi connectivity index (χ1n) is 8.55. The van der Waals surface area contributed by atoms with Gasteiger partial charge in [0, 0.05) is 32.2 Å². The molecule has 0 saturated carbocycles. The number of para-hydroxylation sites is 1. The molecule has 1 aromatic carbocycles. The topological polar surface area (TPSA) is 78.7 Å². The van der Waals surface area contributed by atoms with Crippen LogP contribution in [0, 0.1) is 11.7 Å². The van der Waals surface area contributed by atoms with E-state index in [1.807, 2.05) is 17.1 Å². The SMILES string of the molecule is NC(=O)[C@@H]1CC=CC[C@H]1NC(=O)N1CCN(c2ccccc2F)CC1. The maximum absolute atomic E-state index is 13.9. The molecule has 2 aliphatic rings. The standard InChI is InChI=1S/C18H23FN4O2/c19-14-6-2-4-8-16(14)22-9-11-23(12-10-22)18(25)21-15-7-3-1-5-13(15)17(20)24/h1-4,6,8,13,15H,5,7,9-12H2,(H2,20,24)(H,21,25)/t13-,15-/m1/s1. The molecule has 1 aliphatic heterocycles. The van der Waals surface area contributed by atoms with E-state index in [4.69, 9.17) is 5.73 Å². The lowest BCUT2D eigenvalue weighted by atomic mass is 9.88. The summed E-state index contributed by atoms with van der Waals surface area (Å²) in [6.45, 7) is 2.14. The number of carbonyl (C=O) groups is 2. The number of carbonyl (C=O) groups excluding carboxylic acids is 2. The number of nitrogens with zero attached hydrogens (tertiary/aromatic N) is 2. The summed E-state index contributed by atoms with van der Waals surface area (Å²) in [7, 11) is 0. The average molecular weight is 346 g/mol. The summed E-state index contributed by atoms with van der Waals surface area (Å²) in [5.74, 6) is -1.01. The van der Waals surface area contributed by atoms with Gasteiger partial charge in [-0.15, -0.1) is 0 Å². The van der Waals surface area contributed by atoms with Gasteiger partial charge in [0.25, 0.3) is 0 Å². The maximum Gasteiger partial charge on any atom is 0.317 e. The largest absolute Gasteiger partial charge is 0.369 e. The number of halogens is 1. The summed E-state index contributed by atoms with van der Waals surface area (Å²) in [5, 5.41) is 2.93. The van der Waals surface area contributed by atoms with Crippen molar-refractivity contribution < 1.29 is 14.0 Å². The number of allylic oxidation sites excluding steroid dienone is 1. The fourth-order valence-electron chi connectivity index (χ4n) is 3.40. The molecule has 1 heterocycles. The third-order valence-electron chi connectivity index (χ3n) is 4.87. The lowest BCUT2D eigenvalue weighted by molar-refractivity contribution is -0.122. The number of nitrogens with two attached hydrogens (primary N) is 1. The van der Waals surface area contributed by atoms with E-state index < -0.39 is 0 Å². The van der Waals surface area contributed by atoms with E-state index in [9.17, 15) is 14.0 Å². The second kappa shape index (κ2) is 7.55. The van der Waals surface area contributed by atoms with Gasteiger partial charge in [-0.1, -0.05) is 24.3 Å². The molecular weight excluding hydrogens is 323 g/mol. The van der Waals surface area contributed by atoms with Crippen LogP contribution in [0.1, 0.15) is 12.8 Å². The van der Waals surface area contributed by atoms with Gasteiger partial charge in [0.05, 0.1) is 11.6 Å². The first kappa shape index (κ1) is 17.3. The van der Waals surface area contributed by atoms with Crippen LogP contribution in [-0.2, 0) is 4.79 Å². The number of urea groups is 1. The highest BCUT2D eigenvalue weighted by atomic mass is 19.1. The molecule has 0 bridgehead atoms. The van der Waals surface area contributed by atoms with Crippen LogP contribution < -0.4 is 16.0 Å². The van der Waals surface area contributed by atoms with E-state index in [1.165, 1.54) is 6.07 Å². The molecule has 3 rings (SSSR count). The zero-order valence-corrected chi connectivity index (χ0v) is 14.0. The molecule has 3 amide bonds. The minimum absolute atomic E-state index is 0.195. The Morgan fingerprint density at radius 1 is 1.08 bits per heavy atom. The molecule has 0 unspecified atom stereocenters. The lowest BCUT2D eigenvalue weighted by Gasteiger charge is -2.37. The van der Waals surface area contributed by atoms with Crippen LogP contribution in [0.25, 0.3) is 0 Å². The van der Waals surface area contributed by atoms with Gasteiger partial charge >= 0.3 is 6.03 Å². The molecule has 0 radical (unpaired) electrons. The van der Waals surface area contributed by atoms with E-state index in [-0.39, 0.29) is 29.7 Å². The molecule has 0 spiro atoms. The van der Waals surface area contributed by atoms with Gasteiger partial charge in [-0.2, -0.15) is 0 Å². The number of piperazine rings is 1. The second-order valence-corrected chi connectivity index (χ2v) is 6.43. The van der Waals surface area contributed by atoms with Gasteiger partial charge < -0.3 is 20.9 Å². The van der Waals surface area contributed by atoms with Gasteiger partial charge in [-0.25, -0.2) is 9.18 Å². The van der Waals surface area contributed by atoms with Crippen molar-refractivity contribution in [2.24, 2.45) is 11.7 Å². The smallest absolute Gasteiger partial charge is 0.317 e. The molecule has 1 fully saturated rings. The van der Waals surface area contributed by atoms with Gasteiger partial charge in [0.2, 0.25) is 5.91 Å². The Hall–Kier alpha value is -2.57. The molecule has 25 heavy (non-hydrogen) atoms. The highest BCUT2D eigenvalue weighted by Crippen LogP contribution is 2.21. The van der Waals surface area contributed by atoms with E-state index in [2.05, 4.69) is 5.32 Å². The fourth-order valence-corrected chi connectivity index (χ4v) is 3.40. The van der Waals surface area contributed by atoms with Crippen LogP contribution in [0.4, 0.5) is 14.9 Å². The van der Waals surface area contributed by atoms with Crippen molar-refractivity contribution in [2.45, 2.75) is 18.9 Å². The van der Waals surface area contributed by atoms with Crippen molar-refractivity contribution in [3.05, 3.63) is 42.2 Å².